The maximum atomic E-state index is 13.1. The molecule has 1 saturated carbocycles. The van der Waals surface area contributed by atoms with E-state index in [0.717, 1.165) is 24.9 Å². The van der Waals surface area contributed by atoms with E-state index in [4.69, 9.17) is 4.74 Å². The number of nitrogens with one attached hydrogen (secondary N) is 2. The summed E-state index contributed by atoms with van der Waals surface area (Å²) in [6.45, 7) is 1.89. The van der Waals surface area contributed by atoms with E-state index in [0.29, 0.717) is 19.1 Å². The number of amides is 1. The highest BCUT2D eigenvalue weighted by atomic mass is 35.5. The molecule has 4 nitrogen and oxygen atoms in total. The molecule has 1 aromatic rings. The molecule has 2 N–H and O–H groups in total. The van der Waals surface area contributed by atoms with Crippen LogP contribution in [0.4, 0.5) is 4.39 Å². The van der Waals surface area contributed by atoms with Crippen LogP contribution >= 0.6 is 12.4 Å². The Morgan fingerprint density at radius 3 is 2.59 bits per heavy atom. The van der Waals surface area contributed by atoms with E-state index in [1.807, 2.05) is 0 Å². The maximum absolute atomic E-state index is 13.1. The molecule has 0 radical (unpaired) electrons. The number of hydrogen-bond donors (Lipinski definition) is 2. The number of halogens is 2. The minimum atomic E-state index is -0.429. The number of hydrogen-bond acceptors (Lipinski definition) is 3. The van der Waals surface area contributed by atoms with Crippen molar-refractivity contribution in [1.29, 1.82) is 0 Å². The summed E-state index contributed by atoms with van der Waals surface area (Å²) in [7, 11) is 0. The monoisotopic (exact) mass is 328 g/mol. The van der Waals surface area contributed by atoms with Gasteiger partial charge in [-0.1, -0.05) is 18.6 Å². The molecule has 1 aliphatic carbocycles. The van der Waals surface area contributed by atoms with Crippen LogP contribution in [0, 0.1) is 11.7 Å². The zero-order chi connectivity index (χ0) is 14.7. The topological polar surface area (TPSA) is 50.4 Å². The van der Waals surface area contributed by atoms with Gasteiger partial charge in [-0.3, -0.25) is 4.79 Å². The summed E-state index contributed by atoms with van der Waals surface area (Å²) in [6.07, 6.45) is 2.97. The van der Waals surface area contributed by atoms with Gasteiger partial charge in [0, 0.05) is 13.1 Å². The smallest absolute Gasteiger partial charge is 0.250 e. The SMILES string of the molecule is Cl.O=C(NC(c1ccc(F)cc1)C1CCC1)C1CNCCO1. The number of carbonyl (C=O) groups is 1. The third-order valence-corrected chi connectivity index (χ3v) is 4.37. The molecule has 122 valence electrons. The molecule has 1 aliphatic heterocycles. The predicted molar refractivity (Wildman–Crippen MR) is 84.5 cm³/mol. The molecule has 0 bridgehead atoms. The van der Waals surface area contributed by atoms with Crippen LogP contribution in [0.1, 0.15) is 30.9 Å². The van der Waals surface area contributed by atoms with Gasteiger partial charge in [-0.25, -0.2) is 4.39 Å². The number of ether oxygens (including phenoxy) is 1. The second-order valence-corrected chi connectivity index (χ2v) is 5.79. The lowest BCUT2D eigenvalue weighted by Gasteiger charge is -2.36. The van der Waals surface area contributed by atoms with Crippen LogP contribution in [0.3, 0.4) is 0 Å². The lowest BCUT2D eigenvalue weighted by molar-refractivity contribution is -0.135. The van der Waals surface area contributed by atoms with Crippen LogP contribution in [0.15, 0.2) is 24.3 Å². The minimum absolute atomic E-state index is 0. The van der Waals surface area contributed by atoms with Crippen LogP contribution in [0.2, 0.25) is 0 Å². The summed E-state index contributed by atoms with van der Waals surface area (Å²) < 4.78 is 18.6. The number of benzene rings is 1. The van der Waals surface area contributed by atoms with Crippen molar-refractivity contribution < 1.29 is 13.9 Å². The molecular formula is C16H22ClFN2O2. The van der Waals surface area contributed by atoms with Gasteiger partial charge in [-0.2, -0.15) is 0 Å². The lowest BCUT2D eigenvalue weighted by Crippen LogP contribution is -2.49. The van der Waals surface area contributed by atoms with E-state index in [1.54, 1.807) is 12.1 Å². The molecule has 2 fully saturated rings. The quantitative estimate of drug-likeness (QED) is 0.891. The fourth-order valence-electron chi connectivity index (χ4n) is 2.90. The van der Waals surface area contributed by atoms with Crippen molar-refractivity contribution in [3.8, 4) is 0 Å². The molecule has 0 aromatic heterocycles. The van der Waals surface area contributed by atoms with Crippen LogP contribution in [-0.2, 0) is 9.53 Å². The molecule has 22 heavy (non-hydrogen) atoms. The van der Waals surface area contributed by atoms with E-state index >= 15 is 0 Å². The fourth-order valence-corrected chi connectivity index (χ4v) is 2.90. The standard InChI is InChI=1S/C16H21FN2O2.ClH/c17-13-6-4-12(5-7-13)15(11-2-1-3-11)19-16(20)14-10-18-8-9-21-14;/h4-7,11,14-15,18H,1-3,8-10H2,(H,19,20);1H. The van der Waals surface area contributed by atoms with Crippen LogP contribution in [0.25, 0.3) is 0 Å². The molecule has 1 aromatic carbocycles. The van der Waals surface area contributed by atoms with Gasteiger partial charge in [0.2, 0.25) is 0 Å². The van der Waals surface area contributed by atoms with Gasteiger partial charge in [0.05, 0.1) is 12.6 Å². The third-order valence-electron chi connectivity index (χ3n) is 4.37. The van der Waals surface area contributed by atoms with Crippen molar-refractivity contribution >= 4 is 18.3 Å². The summed E-state index contributed by atoms with van der Waals surface area (Å²) >= 11 is 0. The second kappa shape index (κ2) is 7.90. The Kier molecular flexibility index (Phi) is 6.17. The Morgan fingerprint density at radius 1 is 1.32 bits per heavy atom. The molecule has 2 aliphatic rings. The van der Waals surface area contributed by atoms with Crippen LogP contribution in [-0.4, -0.2) is 31.7 Å². The number of morpholine rings is 1. The molecule has 2 atom stereocenters. The van der Waals surface area contributed by atoms with E-state index in [9.17, 15) is 9.18 Å². The summed E-state index contributed by atoms with van der Waals surface area (Å²) in [5, 5.41) is 6.26. The van der Waals surface area contributed by atoms with Gasteiger partial charge in [-0.15, -0.1) is 12.4 Å². The molecular weight excluding hydrogens is 307 g/mol. The third kappa shape index (κ3) is 3.97. The number of rotatable bonds is 4. The van der Waals surface area contributed by atoms with Gasteiger partial charge in [0.25, 0.3) is 5.91 Å². The summed E-state index contributed by atoms with van der Waals surface area (Å²) in [5.74, 6) is 0.108. The summed E-state index contributed by atoms with van der Waals surface area (Å²) in [5.41, 5.74) is 0.971. The Balaban J connectivity index is 0.00000176. The highest BCUT2D eigenvalue weighted by Gasteiger charge is 2.32. The molecule has 2 unspecified atom stereocenters. The first-order valence-corrected chi connectivity index (χ1v) is 7.62. The van der Waals surface area contributed by atoms with Gasteiger partial charge < -0.3 is 15.4 Å². The Morgan fingerprint density at radius 2 is 2.05 bits per heavy atom. The largest absolute Gasteiger partial charge is 0.366 e. The Bertz CT molecular complexity index is 487. The van der Waals surface area contributed by atoms with Crippen molar-refractivity contribution in [1.82, 2.24) is 10.6 Å². The molecule has 1 amide bonds. The van der Waals surface area contributed by atoms with E-state index in [-0.39, 0.29) is 30.2 Å². The number of carbonyl (C=O) groups excluding carboxylic acids is 1. The highest BCUT2D eigenvalue weighted by Crippen LogP contribution is 2.37. The minimum Gasteiger partial charge on any atom is -0.366 e. The summed E-state index contributed by atoms with van der Waals surface area (Å²) in [6, 6.07) is 6.38. The molecule has 1 heterocycles. The zero-order valence-corrected chi connectivity index (χ0v) is 13.2. The van der Waals surface area contributed by atoms with E-state index < -0.39 is 6.10 Å². The van der Waals surface area contributed by atoms with E-state index in [2.05, 4.69) is 10.6 Å². The lowest BCUT2D eigenvalue weighted by atomic mass is 9.77. The normalized spacial score (nSPS) is 23.0. The van der Waals surface area contributed by atoms with Crippen molar-refractivity contribution in [2.75, 3.05) is 19.7 Å². The van der Waals surface area contributed by atoms with Crippen LogP contribution < -0.4 is 10.6 Å². The van der Waals surface area contributed by atoms with Crippen molar-refractivity contribution in [3.63, 3.8) is 0 Å². The maximum Gasteiger partial charge on any atom is 0.250 e. The fraction of sp³-hybridized carbons (Fsp3) is 0.562. The van der Waals surface area contributed by atoms with E-state index in [1.165, 1.54) is 18.6 Å². The Hall–Kier alpha value is -1.17. The summed E-state index contributed by atoms with van der Waals surface area (Å²) in [4.78, 5) is 12.3. The van der Waals surface area contributed by atoms with Crippen molar-refractivity contribution in [2.45, 2.75) is 31.4 Å². The molecule has 6 heteroatoms. The molecule has 1 saturated heterocycles. The first-order valence-electron chi connectivity index (χ1n) is 7.62. The van der Waals surface area contributed by atoms with Gasteiger partial charge in [0.1, 0.15) is 11.9 Å². The Labute approximate surface area is 136 Å². The van der Waals surface area contributed by atoms with Crippen molar-refractivity contribution in [3.05, 3.63) is 35.6 Å². The van der Waals surface area contributed by atoms with Gasteiger partial charge in [0.15, 0.2) is 0 Å². The first kappa shape index (κ1) is 17.2. The zero-order valence-electron chi connectivity index (χ0n) is 12.4. The predicted octanol–water partition coefficient (Wildman–Crippen LogP) is 2.19. The van der Waals surface area contributed by atoms with Gasteiger partial charge >= 0.3 is 0 Å². The second-order valence-electron chi connectivity index (χ2n) is 5.79. The molecule has 0 spiro atoms. The average molecular weight is 329 g/mol. The highest BCUT2D eigenvalue weighted by molar-refractivity contribution is 5.85. The van der Waals surface area contributed by atoms with Crippen LogP contribution in [0.5, 0.6) is 0 Å². The van der Waals surface area contributed by atoms with Gasteiger partial charge in [-0.05, 0) is 36.5 Å². The molecule has 3 rings (SSSR count). The van der Waals surface area contributed by atoms with Crippen molar-refractivity contribution in [2.24, 2.45) is 5.92 Å². The average Bonchev–Trinajstić information content (AvgIpc) is 2.46. The first-order chi connectivity index (χ1) is 10.2.